The maximum atomic E-state index is 13.2. The van der Waals surface area contributed by atoms with Crippen molar-refractivity contribution in [3.05, 3.63) is 55.7 Å². The van der Waals surface area contributed by atoms with Crippen molar-refractivity contribution in [3.8, 4) is 0 Å². The van der Waals surface area contributed by atoms with Gasteiger partial charge >= 0.3 is 6.18 Å². The van der Waals surface area contributed by atoms with Gasteiger partial charge in [-0.2, -0.15) is 13.2 Å². The van der Waals surface area contributed by atoms with Crippen LogP contribution in [0, 0.1) is 0 Å². The summed E-state index contributed by atoms with van der Waals surface area (Å²) in [6.45, 7) is 3.11. The fourth-order valence-corrected chi connectivity index (χ4v) is 4.35. The Morgan fingerprint density at radius 2 is 1.76 bits per heavy atom. The number of alkyl halides is 3. The lowest BCUT2D eigenvalue weighted by molar-refractivity contribution is -0.137. The molecule has 3 rings (SSSR count). The second-order valence-corrected chi connectivity index (χ2v) is 7.72. The molecule has 1 aliphatic heterocycles. The third-order valence-electron chi connectivity index (χ3n) is 3.99. The number of nitrogens with one attached hydrogen (secondary N) is 1. The molecule has 0 aliphatic carbocycles. The molecule has 2 aromatic rings. The van der Waals surface area contributed by atoms with E-state index in [4.69, 9.17) is 23.2 Å². The number of halogens is 6. The monoisotopic (exact) mass is 430 g/mol. The molecule has 1 saturated heterocycles. The van der Waals surface area contributed by atoms with Gasteiger partial charge in [0.15, 0.2) is 0 Å². The van der Waals surface area contributed by atoms with E-state index >= 15 is 0 Å². The summed E-state index contributed by atoms with van der Waals surface area (Å²) in [6, 6.07) is 7.53. The molecule has 1 aliphatic rings. The molecule has 1 aromatic carbocycles. The first-order chi connectivity index (χ1) is 11.4. The van der Waals surface area contributed by atoms with Gasteiger partial charge in [0.25, 0.3) is 0 Å². The first-order valence-electron chi connectivity index (χ1n) is 7.43. The molecule has 0 spiro atoms. The average molecular weight is 432 g/mol. The van der Waals surface area contributed by atoms with E-state index in [9.17, 15) is 13.2 Å². The van der Waals surface area contributed by atoms with E-state index in [1.807, 2.05) is 6.07 Å². The van der Waals surface area contributed by atoms with Crippen molar-refractivity contribution in [2.24, 2.45) is 0 Å². The molecule has 9 heteroatoms. The topological polar surface area (TPSA) is 15.3 Å². The standard InChI is InChI=1S/C16H15Cl2F3N2S.ClH/c17-12-2-1-10(9-11(12)16(19,20)21)15(13-3-4-14(18)24-13)23-7-5-22-6-8-23;/h1-4,9,15,22H,5-8H2;1H/t15-;/m1./s1. The summed E-state index contributed by atoms with van der Waals surface area (Å²) in [5.41, 5.74) is -0.225. The van der Waals surface area contributed by atoms with Crippen molar-refractivity contribution >= 4 is 46.9 Å². The molecule has 1 atom stereocenters. The lowest BCUT2D eigenvalue weighted by Gasteiger charge is -2.35. The van der Waals surface area contributed by atoms with Gasteiger partial charge in [-0.3, -0.25) is 4.90 Å². The van der Waals surface area contributed by atoms with E-state index in [1.54, 1.807) is 12.1 Å². The lowest BCUT2D eigenvalue weighted by Crippen LogP contribution is -2.45. The molecule has 1 aromatic heterocycles. The molecule has 0 amide bonds. The van der Waals surface area contributed by atoms with Crippen LogP contribution in [0.15, 0.2) is 30.3 Å². The zero-order valence-corrected chi connectivity index (χ0v) is 16.1. The SMILES string of the molecule is Cl.FC(F)(F)c1cc([C@H](c2ccc(Cl)s2)N2CCNCC2)ccc1Cl. The van der Waals surface area contributed by atoms with Gasteiger partial charge in [0, 0.05) is 31.1 Å². The van der Waals surface area contributed by atoms with Crippen LogP contribution in [0.4, 0.5) is 13.2 Å². The molecule has 2 nitrogen and oxygen atoms in total. The van der Waals surface area contributed by atoms with Crippen LogP contribution < -0.4 is 5.32 Å². The van der Waals surface area contributed by atoms with Crippen LogP contribution in [-0.2, 0) is 6.18 Å². The predicted octanol–water partition coefficient (Wildman–Crippen LogP) is 5.49. The highest BCUT2D eigenvalue weighted by Gasteiger charge is 2.35. The molecule has 0 saturated carbocycles. The maximum absolute atomic E-state index is 13.2. The van der Waals surface area contributed by atoms with Crippen molar-refractivity contribution < 1.29 is 13.2 Å². The summed E-state index contributed by atoms with van der Waals surface area (Å²) in [4.78, 5) is 3.10. The van der Waals surface area contributed by atoms with Crippen molar-refractivity contribution in [1.29, 1.82) is 0 Å². The molecule has 0 radical (unpaired) electrons. The second-order valence-electron chi connectivity index (χ2n) is 5.57. The van der Waals surface area contributed by atoms with Crippen LogP contribution in [0.1, 0.15) is 22.0 Å². The van der Waals surface area contributed by atoms with Gasteiger partial charge in [-0.1, -0.05) is 29.3 Å². The highest BCUT2D eigenvalue weighted by molar-refractivity contribution is 7.16. The number of hydrogen-bond acceptors (Lipinski definition) is 3. The summed E-state index contributed by atoms with van der Waals surface area (Å²) in [7, 11) is 0. The van der Waals surface area contributed by atoms with E-state index in [0.717, 1.165) is 37.1 Å². The zero-order valence-electron chi connectivity index (χ0n) is 12.9. The maximum Gasteiger partial charge on any atom is 0.417 e. The zero-order chi connectivity index (χ0) is 17.3. The molecule has 2 heterocycles. The van der Waals surface area contributed by atoms with Gasteiger partial charge in [0.05, 0.1) is 21.0 Å². The van der Waals surface area contributed by atoms with Gasteiger partial charge < -0.3 is 5.32 Å². The van der Waals surface area contributed by atoms with Gasteiger partial charge in [-0.05, 0) is 29.8 Å². The third-order valence-corrected chi connectivity index (χ3v) is 5.60. The normalized spacial score (nSPS) is 17.2. The Bertz CT molecular complexity index is 715. The van der Waals surface area contributed by atoms with E-state index in [1.165, 1.54) is 17.4 Å². The molecule has 1 fully saturated rings. The molecular formula is C16H16Cl3F3N2S. The molecule has 0 unspecified atom stereocenters. The number of piperazine rings is 1. The number of benzene rings is 1. The van der Waals surface area contributed by atoms with Gasteiger partial charge in [-0.15, -0.1) is 23.7 Å². The Hall–Kier alpha value is -0.500. The van der Waals surface area contributed by atoms with E-state index in [0.29, 0.717) is 9.90 Å². The van der Waals surface area contributed by atoms with Gasteiger partial charge in [-0.25, -0.2) is 0 Å². The minimum absolute atomic E-state index is 0. The van der Waals surface area contributed by atoms with E-state index in [2.05, 4.69) is 10.2 Å². The predicted molar refractivity (Wildman–Crippen MR) is 99.3 cm³/mol. The number of thiophene rings is 1. The molecule has 1 N–H and O–H groups in total. The fourth-order valence-electron chi connectivity index (χ4n) is 2.90. The van der Waals surface area contributed by atoms with Crippen molar-refractivity contribution in [2.45, 2.75) is 12.2 Å². The lowest BCUT2D eigenvalue weighted by atomic mass is 10.00. The van der Waals surface area contributed by atoms with Crippen LogP contribution in [0.5, 0.6) is 0 Å². The van der Waals surface area contributed by atoms with Crippen molar-refractivity contribution in [3.63, 3.8) is 0 Å². The van der Waals surface area contributed by atoms with Gasteiger partial charge in [0.2, 0.25) is 0 Å². The second kappa shape index (κ2) is 8.46. The highest BCUT2D eigenvalue weighted by atomic mass is 35.5. The number of nitrogens with zero attached hydrogens (tertiary/aromatic N) is 1. The molecule has 0 bridgehead atoms. The average Bonchev–Trinajstić information content (AvgIpc) is 2.95. The molecule has 25 heavy (non-hydrogen) atoms. The van der Waals surface area contributed by atoms with Gasteiger partial charge in [0.1, 0.15) is 0 Å². The fraction of sp³-hybridized carbons (Fsp3) is 0.375. The minimum Gasteiger partial charge on any atom is -0.314 e. The summed E-state index contributed by atoms with van der Waals surface area (Å²) >= 11 is 13.2. The number of hydrogen-bond donors (Lipinski definition) is 1. The Balaban J connectivity index is 0.00000225. The minimum atomic E-state index is -4.48. The van der Waals surface area contributed by atoms with Crippen LogP contribution in [0.2, 0.25) is 9.36 Å². The summed E-state index contributed by atoms with van der Waals surface area (Å²) < 4.78 is 40.3. The largest absolute Gasteiger partial charge is 0.417 e. The molecule has 138 valence electrons. The summed E-state index contributed by atoms with van der Waals surface area (Å²) in [5, 5.41) is 2.97. The summed E-state index contributed by atoms with van der Waals surface area (Å²) in [6.07, 6.45) is -4.48. The van der Waals surface area contributed by atoms with Crippen LogP contribution in [0.3, 0.4) is 0 Å². The Morgan fingerprint density at radius 1 is 1.08 bits per heavy atom. The summed E-state index contributed by atoms with van der Waals surface area (Å²) in [5.74, 6) is 0. The van der Waals surface area contributed by atoms with Crippen LogP contribution in [0.25, 0.3) is 0 Å². The van der Waals surface area contributed by atoms with Crippen molar-refractivity contribution in [1.82, 2.24) is 10.2 Å². The smallest absolute Gasteiger partial charge is 0.314 e. The van der Waals surface area contributed by atoms with Crippen LogP contribution in [-0.4, -0.2) is 31.1 Å². The first kappa shape index (κ1) is 20.8. The Morgan fingerprint density at radius 3 is 2.32 bits per heavy atom. The van der Waals surface area contributed by atoms with Crippen LogP contribution >= 0.6 is 46.9 Å². The highest BCUT2D eigenvalue weighted by Crippen LogP contribution is 2.40. The Kier molecular flexibility index (Phi) is 7.04. The van der Waals surface area contributed by atoms with E-state index in [-0.39, 0.29) is 23.5 Å². The third kappa shape index (κ3) is 4.81. The quantitative estimate of drug-likeness (QED) is 0.691. The Labute approximate surface area is 164 Å². The van der Waals surface area contributed by atoms with E-state index < -0.39 is 11.7 Å². The first-order valence-corrected chi connectivity index (χ1v) is 9.00. The molecular weight excluding hydrogens is 416 g/mol. The van der Waals surface area contributed by atoms with Crippen molar-refractivity contribution in [2.75, 3.05) is 26.2 Å². The number of rotatable bonds is 3.